The molecule has 444 valence electrons. The first kappa shape index (κ1) is 58.7. The van der Waals surface area contributed by atoms with Crippen molar-refractivity contribution in [2.45, 2.75) is 45.6 Å². The van der Waals surface area contributed by atoms with Crippen molar-refractivity contribution in [1.29, 1.82) is 0 Å². The molecule has 3 heterocycles. The lowest BCUT2D eigenvalue weighted by Gasteiger charge is -2.27. The van der Waals surface area contributed by atoms with Crippen molar-refractivity contribution in [3.05, 3.63) is 298 Å². The number of hydrogen-bond donors (Lipinski definition) is 1. The molecule has 0 atom stereocenters. The summed E-state index contributed by atoms with van der Waals surface area (Å²) in [5, 5.41) is 2.82. The predicted molar refractivity (Wildman–Crippen MR) is 342 cm³/mol. The summed E-state index contributed by atoms with van der Waals surface area (Å²) in [5.74, 6) is 2.03. The fourth-order valence-electron chi connectivity index (χ4n) is 10.8. The summed E-state index contributed by atoms with van der Waals surface area (Å²) in [6.45, 7) is 10.4. The zero-order valence-electron chi connectivity index (χ0n) is 49.8. The van der Waals surface area contributed by atoms with Crippen molar-refractivity contribution < 1.29 is 52.5 Å². The van der Waals surface area contributed by atoms with Crippen LogP contribution >= 0.6 is 0 Å². The molecule has 0 aliphatic carbocycles. The Morgan fingerprint density at radius 2 is 0.700 bits per heavy atom. The van der Waals surface area contributed by atoms with Gasteiger partial charge in [-0.15, -0.1) is 0 Å². The summed E-state index contributed by atoms with van der Waals surface area (Å²) >= 11 is 0. The van der Waals surface area contributed by atoms with Gasteiger partial charge in [0.05, 0.1) is 44.8 Å². The van der Waals surface area contributed by atoms with Crippen LogP contribution in [0.3, 0.4) is 0 Å². The highest BCUT2D eigenvalue weighted by molar-refractivity contribution is 6.35. The number of anilines is 3. The largest absolute Gasteiger partial charge is 0.483 e. The second-order valence-electron chi connectivity index (χ2n) is 22.8. The average molecular weight is 1190 g/mol. The molecule has 0 radical (unpaired) electrons. The summed E-state index contributed by atoms with van der Waals surface area (Å²) in [7, 11) is 1.41. The fourth-order valence-corrected chi connectivity index (χ4v) is 10.8. The molecule has 15 nitrogen and oxygen atoms in total. The monoisotopic (exact) mass is 1190 g/mol. The minimum atomic E-state index is -0.512. The highest BCUT2D eigenvalue weighted by Crippen LogP contribution is 2.38. The van der Waals surface area contributed by atoms with Gasteiger partial charge in [-0.1, -0.05) is 92.2 Å². The van der Waals surface area contributed by atoms with Gasteiger partial charge < -0.3 is 24.3 Å². The smallest absolute Gasteiger partial charge is 0.266 e. The number of fused-ring (bicyclic) bond motifs is 3. The second kappa shape index (κ2) is 23.9. The minimum Gasteiger partial charge on any atom is -0.483 e. The lowest BCUT2D eigenvalue weighted by atomic mass is 9.78. The minimum absolute atomic E-state index is 0.215. The quantitative estimate of drug-likeness (QED) is 0.0966. The standard InChI is InChI=1S/C45H33N3O7.C30H25NO4/c1-45(2,29-11-19-33(20-12-29)55-35-23-15-31(16-24-35)48-43(52)36-6-4-5-7-37(36)44(48)53)28-9-17-32(18-10-28)54-34-21-13-30(14-22-34)46-40(49)27-8-25-38-39(26-27)42(51)47(3)41(38)50;1-20-8-14-25(15-9-20)35-30(2,3)21-10-16-23(17-11-21)34-24-18-12-22(13-19-24)31-28(32)26-6-4-5-7-27(26)29(31)33/h4-26H,1-3H3,(H,46,49);4-19H,1-3H3. The Morgan fingerprint density at radius 1 is 0.367 bits per heavy atom. The summed E-state index contributed by atoms with van der Waals surface area (Å²) in [6.07, 6.45) is 0. The number of imide groups is 3. The Bertz CT molecular complexity index is 4400. The van der Waals surface area contributed by atoms with E-state index in [4.69, 9.17) is 18.9 Å². The number of benzene rings is 10. The van der Waals surface area contributed by atoms with E-state index in [1.54, 1.807) is 121 Å². The molecule has 0 fully saturated rings. The summed E-state index contributed by atoms with van der Waals surface area (Å²) < 4.78 is 24.3. The number of rotatable bonds is 15. The molecular formula is C75H58N4O11. The maximum Gasteiger partial charge on any atom is 0.266 e. The van der Waals surface area contributed by atoms with Crippen LogP contribution in [0.25, 0.3) is 0 Å². The van der Waals surface area contributed by atoms with E-state index < -0.39 is 17.4 Å². The Labute approximate surface area is 519 Å². The normalized spacial score (nSPS) is 13.3. The number of amides is 7. The summed E-state index contributed by atoms with van der Waals surface area (Å²) in [5.41, 5.74) is 7.48. The lowest BCUT2D eigenvalue weighted by Crippen LogP contribution is -2.29. The highest BCUT2D eigenvalue weighted by Gasteiger charge is 2.38. The predicted octanol–water partition coefficient (Wildman–Crippen LogP) is 15.8. The van der Waals surface area contributed by atoms with Crippen LogP contribution in [0.5, 0.6) is 40.2 Å². The number of carbonyl (C=O) groups is 7. The van der Waals surface area contributed by atoms with Gasteiger partial charge in [-0.05, 0) is 201 Å². The van der Waals surface area contributed by atoms with E-state index in [1.807, 2.05) is 118 Å². The third-order valence-electron chi connectivity index (χ3n) is 16.0. The summed E-state index contributed by atoms with van der Waals surface area (Å²) in [6, 6.07) is 70.3. The van der Waals surface area contributed by atoms with E-state index in [2.05, 4.69) is 19.2 Å². The van der Waals surface area contributed by atoms with Crippen LogP contribution in [0.1, 0.15) is 122 Å². The van der Waals surface area contributed by atoms with Crippen LogP contribution in [0.15, 0.2) is 237 Å². The second-order valence-corrected chi connectivity index (χ2v) is 22.8. The van der Waals surface area contributed by atoms with E-state index in [-0.39, 0.29) is 51.6 Å². The number of nitrogens with zero attached hydrogens (tertiary/aromatic N) is 3. The van der Waals surface area contributed by atoms with Gasteiger partial charge in [-0.25, -0.2) is 9.80 Å². The number of hydrogen-bond acceptors (Lipinski definition) is 11. The SMILES string of the molecule is CN1C(=O)c2ccc(C(=O)Nc3ccc(Oc4ccc(C(C)(C)c5ccc(Oc6ccc(N7C(=O)c8ccccc8C7=O)cc6)cc5)cc4)cc3)cc2C1=O.Cc1ccc(OC(C)(C)c2ccc(Oc3ccc(N4C(=O)c5ccccc5C4=O)cc3)cc2)cc1. The first-order valence-electron chi connectivity index (χ1n) is 28.9. The van der Waals surface area contributed by atoms with E-state index in [1.165, 1.54) is 40.6 Å². The molecule has 13 rings (SSSR count). The first-order chi connectivity index (χ1) is 43.3. The van der Waals surface area contributed by atoms with Gasteiger partial charge in [-0.3, -0.25) is 38.5 Å². The Hall–Kier alpha value is -11.7. The molecule has 0 aromatic heterocycles. The van der Waals surface area contributed by atoms with Crippen LogP contribution in [0, 0.1) is 6.92 Å². The fraction of sp³-hybridized carbons (Fsp3) is 0.107. The molecule has 15 heteroatoms. The van der Waals surface area contributed by atoms with Crippen molar-refractivity contribution in [3.8, 4) is 40.2 Å². The number of carbonyl (C=O) groups excluding carboxylic acids is 7. The van der Waals surface area contributed by atoms with E-state index >= 15 is 0 Å². The third kappa shape index (κ3) is 11.7. The molecule has 0 saturated carbocycles. The van der Waals surface area contributed by atoms with Crippen molar-refractivity contribution in [2.75, 3.05) is 22.2 Å². The molecule has 10 aromatic carbocycles. The Balaban J connectivity index is 0.000000193. The molecule has 1 N–H and O–H groups in total. The van der Waals surface area contributed by atoms with Gasteiger partial charge in [0, 0.05) is 23.7 Å². The van der Waals surface area contributed by atoms with E-state index in [0.717, 1.165) is 27.3 Å². The molecule has 0 bridgehead atoms. The molecule has 0 spiro atoms. The average Bonchev–Trinajstić information content (AvgIpc) is 1.72. The van der Waals surface area contributed by atoms with Crippen molar-refractivity contribution in [2.24, 2.45) is 0 Å². The molecule has 0 unspecified atom stereocenters. The first-order valence-corrected chi connectivity index (χ1v) is 28.9. The van der Waals surface area contributed by atoms with Crippen LogP contribution in [-0.2, 0) is 11.0 Å². The zero-order valence-corrected chi connectivity index (χ0v) is 49.8. The van der Waals surface area contributed by atoms with Gasteiger partial charge in [0.15, 0.2) is 0 Å². The van der Waals surface area contributed by atoms with Gasteiger partial charge in [0.25, 0.3) is 41.4 Å². The van der Waals surface area contributed by atoms with E-state index in [9.17, 15) is 33.6 Å². The number of ether oxygens (including phenoxy) is 4. The number of nitrogens with one attached hydrogen (secondary N) is 1. The molecule has 3 aliphatic rings. The summed E-state index contributed by atoms with van der Waals surface area (Å²) in [4.78, 5) is 91.9. The van der Waals surface area contributed by atoms with Gasteiger partial charge in [0.2, 0.25) is 0 Å². The molecule has 90 heavy (non-hydrogen) atoms. The van der Waals surface area contributed by atoms with Crippen LogP contribution in [-0.4, -0.2) is 53.3 Å². The van der Waals surface area contributed by atoms with Gasteiger partial charge in [-0.2, -0.15) is 0 Å². The van der Waals surface area contributed by atoms with Gasteiger partial charge >= 0.3 is 0 Å². The van der Waals surface area contributed by atoms with Gasteiger partial charge in [0.1, 0.15) is 45.8 Å². The molecule has 10 aromatic rings. The lowest BCUT2D eigenvalue weighted by molar-refractivity contribution is 0.0691. The number of aryl methyl sites for hydroxylation is 1. The maximum atomic E-state index is 12.9. The van der Waals surface area contributed by atoms with Crippen molar-refractivity contribution >= 4 is 58.4 Å². The molecular weight excluding hydrogens is 1130 g/mol. The molecule has 3 aliphatic heterocycles. The van der Waals surface area contributed by atoms with Crippen LogP contribution in [0.4, 0.5) is 17.1 Å². The van der Waals surface area contributed by atoms with Crippen molar-refractivity contribution in [1.82, 2.24) is 4.90 Å². The van der Waals surface area contributed by atoms with Crippen LogP contribution in [0.2, 0.25) is 0 Å². The zero-order chi connectivity index (χ0) is 63.0. The Morgan fingerprint density at radius 3 is 1.10 bits per heavy atom. The van der Waals surface area contributed by atoms with E-state index in [0.29, 0.717) is 73.8 Å². The molecule has 0 saturated heterocycles. The van der Waals surface area contributed by atoms with Crippen LogP contribution < -0.4 is 34.1 Å². The maximum absolute atomic E-state index is 12.9. The Kier molecular flexibility index (Phi) is 15.6. The highest BCUT2D eigenvalue weighted by atomic mass is 16.5. The third-order valence-corrected chi connectivity index (χ3v) is 16.0. The topological polar surface area (TPSA) is 178 Å². The molecule has 7 amide bonds. The van der Waals surface area contributed by atoms with Crippen molar-refractivity contribution in [3.63, 3.8) is 0 Å².